The fourth-order valence-corrected chi connectivity index (χ4v) is 4.61. The Labute approximate surface area is 154 Å². The number of piperazine rings is 1. The summed E-state index contributed by atoms with van der Waals surface area (Å²) in [4.78, 5) is 19.9. The van der Waals surface area contributed by atoms with Crippen LogP contribution in [-0.4, -0.2) is 53.1 Å². The van der Waals surface area contributed by atoms with Crippen molar-refractivity contribution in [3.05, 3.63) is 42.1 Å². The normalized spacial score (nSPS) is 25.4. The zero-order valence-electron chi connectivity index (χ0n) is 15.2. The molecule has 4 rings (SSSR count). The summed E-state index contributed by atoms with van der Waals surface area (Å²) in [5.41, 5.74) is 2.47. The summed E-state index contributed by atoms with van der Waals surface area (Å²) in [6.07, 6.45) is 6.22. The standard InChI is InChI=1S/C21H27N3O2/c25-21(26)18-6-2-4-8-20(18)24-11-9-23(10-12-24)15-16-13-17-5-1-3-7-19(17)22-14-16/h1,3,5,7,13-14,18,20H,2,4,6,8-12,15H2,(H,25,26)/p+1/t18-,20-/m0/s1. The zero-order chi connectivity index (χ0) is 17.9. The van der Waals surface area contributed by atoms with Crippen molar-refractivity contribution in [1.82, 2.24) is 9.80 Å². The van der Waals surface area contributed by atoms with Crippen molar-refractivity contribution in [3.8, 4) is 0 Å². The number of fused-ring (bicyclic) bond motifs is 1. The van der Waals surface area contributed by atoms with Gasteiger partial charge in [-0.1, -0.05) is 25.0 Å². The van der Waals surface area contributed by atoms with Crippen LogP contribution < -0.4 is 4.98 Å². The molecule has 5 heteroatoms. The molecule has 0 spiro atoms. The van der Waals surface area contributed by atoms with Gasteiger partial charge in [0.15, 0.2) is 6.20 Å². The summed E-state index contributed by atoms with van der Waals surface area (Å²) in [6.45, 7) is 4.92. The highest BCUT2D eigenvalue weighted by Crippen LogP contribution is 2.29. The molecule has 1 saturated carbocycles. The van der Waals surface area contributed by atoms with E-state index in [1.165, 1.54) is 17.4 Å². The molecule has 2 aromatic rings. The van der Waals surface area contributed by atoms with Gasteiger partial charge in [-0.05, 0) is 25.0 Å². The van der Waals surface area contributed by atoms with Crippen LogP contribution in [0.4, 0.5) is 0 Å². The second-order valence-corrected chi connectivity index (χ2v) is 7.70. The first-order valence-electron chi connectivity index (χ1n) is 9.79. The van der Waals surface area contributed by atoms with Gasteiger partial charge < -0.3 is 5.11 Å². The van der Waals surface area contributed by atoms with Crippen LogP contribution in [0.1, 0.15) is 31.2 Å². The van der Waals surface area contributed by atoms with Gasteiger partial charge in [-0.2, -0.15) is 0 Å². The van der Waals surface area contributed by atoms with Crippen molar-refractivity contribution in [2.24, 2.45) is 5.92 Å². The van der Waals surface area contributed by atoms with E-state index in [4.69, 9.17) is 0 Å². The van der Waals surface area contributed by atoms with Gasteiger partial charge in [-0.3, -0.25) is 14.6 Å². The van der Waals surface area contributed by atoms with Crippen LogP contribution in [0.15, 0.2) is 36.5 Å². The summed E-state index contributed by atoms with van der Waals surface area (Å²) in [7, 11) is 0. The smallest absolute Gasteiger partial charge is 0.308 e. The molecular formula is C21H28N3O2+. The molecule has 5 nitrogen and oxygen atoms in total. The lowest BCUT2D eigenvalue weighted by molar-refractivity contribution is -0.345. The molecule has 1 aliphatic carbocycles. The lowest BCUT2D eigenvalue weighted by Gasteiger charge is -2.43. The number of nitrogens with zero attached hydrogens (tertiary/aromatic N) is 2. The Morgan fingerprint density at radius 1 is 1.12 bits per heavy atom. The first-order chi connectivity index (χ1) is 12.7. The van der Waals surface area contributed by atoms with E-state index in [9.17, 15) is 9.90 Å². The molecule has 2 N–H and O–H groups in total. The maximum absolute atomic E-state index is 11.6. The number of hydrogen-bond acceptors (Lipinski definition) is 3. The summed E-state index contributed by atoms with van der Waals surface area (Å²) in [5.74, 6) is -0.783. The van der Waals surface area contributed by atoms with Crippen molar-refractivity contribution in [2.45, 2.75) is 38.3 Å². The van der Waals surface area contributed by atoms with Crippen LogP contribution >= 0.6 is 0 Å². The summed E-state index contributed by atoms with van der Waals surface area (Å²) < 4.78 is 0. The van der Waals surface area contributed by atoms with Crippen molar-refractivity contribution in [2.75, 3.05) is 26.2 Å². The van der Waals surface area contributed by atoms with Gasteiger partial charge in [-0.25, -0.2) is 4.98 Å². The number of aromatic amines is 1. The van der Waals surface area contributed by atoms with E-state index in [-0.39, 0.29) is 12.0 Å². The number of rotatable bonds is 4. The SMILES string of the molecule is O=C(O)[C@H]1CCCC[C@@H]1N1CCN(Cc2c[nH+]c3ccccc3c2)CC1. The van der Waals surface area contributed by atoms with Crippen LogP contribution in [0, 0.1) is 5.92 Å². The van der Waals surface area contributed by atoms with Gasteiger partial charge in [0.1, 0.15) is 0 Å². The third-order valence-corrected chi connectivity index (χ3v) is 6.04. The molecule has 2 aliphatic rings. The molecule has 0 amide bonds. The van der Waals surface area contributed by atoms with Crippen molar-refractivity contribution < 1.29 is 14.9 Å². The summed E-state index contributed by atoms with van der Waals surface area (Å²) in [6, 6.07) is 10.9. The number of carbonyl (C=O) groups is 1. The van der Waals surface area contributed by atoms with Gasteiger partial charge in [0.2, 0.25) is 5.52 Å². The quantitative estimate of drug-likeness (QED) is 0.916. The molecule has 1 aliphatic heterocycles. The molecule has 1 aromatic heterocycles. The molecule has 1 saturated heterocycles. The number of H-pyrrole nitrogens is 1. The van der Waals surface area contributed by atoms with Gasteiger partial charge in [0.05, 0.1) is 5.92 Å². The average Bonchev–Trinajstić information content (AvgIpc) is 2.68. The van der Waals surface area contributed by atoms with Gasteiger partial charge in [-0.15, -0.1) is 0 Å². The zero-order valence-corrected chi connectivity index (χ0v) is 15.2. The molecule has 2 fully saturated rings. The van der Waals surface area contributed by atoms with Crippen LogP contribution in [0.3, 0.4) is 0 Å². The number of nitrogens with one attached hydrogen (secondary N) is 1. The minimum absolute atomic E-state index is 0.176. The van der Waals surface area contributed by atoms with E-state index in [2.05, 4.69) is 45.2 Å². The van der Waals surface area contributed by atoms with Gasteiger partial charge in [0, 0.05) is 55.8 Å². The molecular weight excluding hydrogens is 326 g/mol. The van der Waals surface area contributed by atoms with Crippen molar-refractivity contribution in [1.29, 1.82) is 0 Å². The van der Waals surface area contributed by atoms with E-state index in [0.29, 0.717) is 0 Å². The molecule has 0 bridgehead atoms. The first kappa shape index (κ1) is 17.4. The number of pyridine rings is 1. The highest BCUT2D eigenvalue weighted by Gasteiger charge is 2.36. The van der Waals surface area contributed by atoms with E-state index in [0.717, 1.165) is 57.5 Å². The number of benzene rings is 1. The molecule has 0 radical (unpaired) electrons. The lowest BCUT2D eigenvalue weighted by atomic mass is 9.83. The third-order valence-electron chi connectivity index (χ3n) is 6.04. The molecule has 2 heterocycles. The van der Waals surface area contributed by atoms with Gasteiger partial charge in [0.25, 0.3) is 0 Å². The number of carboxylic acids is 1. The minimum atomic E-state index is -0.608. The Bertz CT molecular complexity index is 771. The number of para-hydroxylation sites is 1. The van der Waals surface area contributed by atoms with Crippen LogP contribution in [0.25, 0.3) is 10.9 Å². The number of aliphatic carboxylic acids is 1. The predicted octanol–water partition coefficient (Wildman–Crippen LogP) is 2.41. The third kappa shape index (κ3) is 3.74. The Morgan fingerprint density at radius 3 is 2.69 bits per heavy atom. The first-order valence-corrected chi connectivity index (χ1v) is 9.79. The summed E-state index contributed by atoms with van der Waals surface area (Å²) in [5, 5.41) is 10.8. The Balaban J connectivity index is 1.36. The maximum atomic E-state index is 11.6. The molecule has 1 aromatic carbocycles. The topological polar surface area (TPSA) is 57.9 Å². The number of aromatic nitrogens is 1. The number of carboxylic acid groups (broad SMARTS) is 1. The van der Waals surface area contributed by atoms with Crippen molar-refractivity contribution >= 4 is 16.9 Å². The van der Waals surface area contributed by atoms with Crippen LogP contribution in [-0.2, 0) is 11.3 Å². The second-order valence-electron chi connectivity index (χ2n) is 7.70. The predicted molar refractivity (Wildman–Crippen MR) is 101 cm³/mol. The fourth-order valence-electron chi connectivity index (χ4n) is 4.61. The van der Waals surface area contributed by atoms with E-state index >= 15 is 0 Å². The number of hydrogen-bond donors (Lipinski definition) is 1. The monoisotopic (exact) mass is 354 g/mol. The molecule has 0 unspecified atom stereocenters. The van der Waals surface area contributed by atoms with E-state index < -0.39 is 5.97 Å². The molecule has 26 heavy (non-hydrogen) atoms. The Morgan fingerprint density at radius 2 is 1.88 bits per heavy atom. The largest absolute Gasteiger partial charge is 0.481 e. The second kappa shape index (κ2) is 7.72. The minimum Gasteiger partial charge on any atom is -0.481 e. The van der Waals surface area contributed by atoms with E-state index in [1.807, 2.05) is 6.07 Å². The molecule has 2 atom stereocenters. The fraction of sp³-hybridized carbons (Fsp3) is 0.524. The van der Waals surface area contributed by atoms with E-state index in [1.54, 1.807) is 0 Å². The van der Waals surface area contributed by atoms with Crippen LogP contribution in [0.5, 0.6) is 0 Å². The maximum Gasteiger partial charge on any atom is 0.308 e. The van der Waals surface area contributed by atoms with Crippen molar-refractivity contribution in [3.63, 3.8) is 0 Å². The lowest BCUT2D eigenvalue weighted by Crippen LogP contribution is -2.54. The summed E-state index contributed by atoms with van der Waals surface area (Å²) >= 11 is 0. The Kier molecular flexibility index (Phi) is 5.18. The highest BCUT2D eigenvalue weighted by molar-refractivity contribution is 5.75. The average molecular weight is 354 g/mol. The highest BCUT2D eigenvalue weighted by atomic mass is 16.4. The molecule has 138 valence electrons. The van der Waals surface area contributed by atoms with Gasteiger partial charge >= 0.3 is 5.97 Å². The van der Waals surface area contributed by atoms with Crippen LogP contribution in [0.2, 0.25) is 0 Å². The Hall–Kier alpha value is -1.98.